The van der Waals surface area contributed by atoms with Crippen LogP contribution in [0, 0.1) is 5.92 Å². The Kier molecular flexibility index (Phi) is 5.76. The zero-order valence-corrected chi connectivity index (χ0v) is 15.7. The molecule has 0 saturated heterocycles. The lowest BCUT2D eigenvalue weighted by Gasteiger charge is -2.21. The van der Waals surface area contributed by atoms with Crippen molar-refractivity contribution >= 4 is 23.3 Å². The number of carbonyl (C=O) groups excluding carboxylic acids is 2. The molecule has 2 unspecified atom stereocenters. The first-order valence-electron chi connectivity index (χ1n) is 9.31. The predicted molar refractivity (Wildman–Crippen MR) is 108 cm³/mol. The Hall–Kier alpha value is -2.86. The van der Waals surface area contributed by atoms with Gasteiger partial charge in [-0.05, 0) is 36.6 Å². The van der Waals surface area contributed by atoms with Crippen LogP contribution in [-0.4, -0.2) is 25.0 Å². The maximum Gasteiger partial charge on any atom is 0.321 e. The summed E-state index contributed by atoms with van der Waals surface area (Å²) in [5, 5.41) is 5.76. The predicted octanol–water partition coefficient (Wildman–Crippen LogP) is 3.05. The number of nitrogens with zero attached hydrogens (tertiary/aromatic N) is 1. The number of nitrogens with one attached hydrogen (secondary N) is 2. The molecule has 1 aliphatic heterocycles. The molecular weight excluding hydrogens is 340 g/mol. The van der Waals surface area contributed by atoms with Crippen LogP contribution in [0.3, 0.4) is 0 Å². The first kappa shape index (κ1) is 18.9. The van der Waals surface area contributed by atoms with E-state index in [-0.39, 0.29) is 23.9 Å². The topological polar surface area (TPSA) is 87.5 Å². The summed E-state index contributed by atoms with van der Waals surface area (Å²) in [7, 11) is 0. The number of carbonyl (C=O) groups is 2. The van der Waals surface area contributed by atoms with Gasteiger partial charge in [0.2, 0.25) is 5.91 Å². The van der Waals surface area contributed by atoms with Crippen molar-refractivity contribution in [3.63, 3.8) is 0 Å². The summed E-state index contributed by atoms with van der Waals surface area (Å²) in [6, 6.07) is 14.8. The molecule has 0 fully saturated rings. The van der Waals surface area contributed by atoms with Crippen molar-refractivity contribution in [2.45, 2.75) is 26.3 Å². The van der Waals surface area contributed by atoms with Crippen molar-refractivity contribution in [3.05, 3.63) is 59.7 Å². The average molecular weight is 366 g/mol. The van der Waals surface area contributed by atoms with Crippen molar-refractivity contribution < 1.29 is 9.59 Å². The van der Waals surface area contributed by atoms with E-state index in [2.05, 4.69) is 10.6 Å². The van der Waals surface area contributed by atoms with Gasteiger partial charge in [0, 0.05) is 24.8 Å². The van der Waals surface area contributed by atoms with Crippen LogP contribution in [0.5, 0.6) is 0 Å². The second-order valence-electron chi connectivity index (χ2n) is 6.80. The lowest BCUT2D eigenvalue weighted by molar-refractivity contribution is -0.120. The number of anilines is 2. The largest absolute Gasteiger partial charge is 0.338 e. The molecule has 6 heteroatoms. The summed E-state index contributed by atoms with van der Waals surface area (Å²) in [5.74, 6) is -0.533. The highest BCUT2D eigenvalue weighted by molar-refractivity contribution is 5.97. The minimum atomic E-state index is -0.389. The summed E-state index contributed by atoms with van der Waals surface area (Å²) in [6.45, 7) is 4.94. The highest BCUT2D eigenvalue weighted by Crippen LogP contribution is 2.31. The SMILES string of the molecule is CCNC(=O)N1CCc2ccc(NC(=O)C(C)C(N)c3ccccc3)cc21. The first-order chi connectivity index (χ1) is 13.0. The van der Waals surface area contributed by atoms with Crippen molar-refractivity contribution in [1.82, 2.24) is 5.32 Å². The van der Waals surface area contributed by atoms with E-state index in [4.69, 9.17) is 5.73 Å². The molecule has 0 radical (unpaired) electrons. The lowest BCUT2D eigenvalue weighted by Crippen LogP contribution is -2.38. The Morgan fingerprint density at radius 2 is 1.93 bits per heavy atom. The Morgan fingerprint density at radius 1 is 1.19 bits per heavy atom. The van der Waals surface area contributed by atoms with Crippen LogP contribution in [0.25, 0.3) is 0 Å². The second kappa shape index (κ2) is 8.22. The zero-order valence-electron chi connectivity index (χ0n) is 15.7. The molecule has 1 aliphatic rings. The number of nitrogens with two attached hydrogens (primary N) is 1. The molecule has 0 spiro atoms. The minimum Gasteiger partial charge on any atom is -0.338 e. The Balaban J connectivity index is 1.72. The Bertz CT molecular complexity index is 822. The number of hydrogen-bond donors (Lipinski definition) is 3. The third-order valence-corrected chi connectivity index (χ3v) is 4.96. The molecule has 0 aliphatic carbocycles. The van der Waals surface area contributed by atoms with Crippen LogP contribution in [0.2, 0.25) is 0 Å². The molecule has 4 N–H and O–H groups in total. The number of hydrogen-bond acceptors (Lipinski definition) is 3. The number of amides is 3. The van der Waals surface area contributed by atoms with Gasteiger partial charge in [-0.2, -0.15) is 0 Å². The van der Waals surface area contributed by atoms with E-state index >= 15 is 0 Å². The van der Waals surface area contributed by atoms with Gasteiger partial charge < -0.3 is 16.4 Å². The van der Waals surface area contributed by atoms with Gasteiger partial charge in [0.15, 0.2) is 0 Å². The molecule has 0 bridgehead atoms. The van der Waals surface area contributed by atoms with E-state index in [9.17, 15) is 9.59 Å². The molecule has 2 aromatic rings. The van der Waals surface area contributed by atoms with Gasteiger partial charge in [-0.15, -0.1) is 0 Å². The van der Waals surface area contributed by atoms with Gasteiger partial charge in [0.1, 0.15) is 0 Å². The molecular formula is C21H26N4O2. The fraction of sp³-hybridized carbons (Fsp3) is 0.333. The molecule has 3 amide bonds. The van der Waals surface area contributed by atoms with Crippen LogP contribution < -0.4 is 21.3 Å². The van der Waals surface area contributed by atoms with Crippen LogP contribution in [0.15, 0.2) is 48.5 Å². The second-order valence-corrected chi connectivity index (χ2v) is 6.80. The summed E-state index contributed by atoms with van der Waals surface area (Å²) in [4.78, 5) is 26.6. The Labute approximate surface area is 159 Å². The number of urea groups is 1. The zero-order chi connectivity index (χ0) is 19.4. The van der Waals surface area contributed by atoms with E-state index < -0.39 is 0 Å². The normalized spacial score (nSPS) is 15.0. The van der Waals surface area contributed by atoms with Gasteiger partial charge >= 0.3 is 6.03 Å². The van der Waals surface area contributed by atoms with Gasteiger partial charge in [0.25, 0.3) is 0 Å². The monoisotopic (exact) mass is 366 g/mol. The molecule has 0 aromatic heterocycles. The molecule has 27 heavy (non-hydrogen) atoms. The Morgan fingerprint density at radius 3 is 2.63 bits per heavy atom. The first-order valence-corrected chi connectivity index (χ1v) is 9.31. The van der Waals surface area contributed by atoms with Crippen LogP contribution in [0.1, 0.15) is 31.0 Å². The molecule has 2 atom stereocenters. The van der Waals surface area contributed by atoms with Crippen molar-refractivity contribution in [3.8, 4) is 0 Å². The maximum absolute atomic E-state index is 12.7. The summed E-state index contributed by atoms with van der Waals surface area (Å²) < 4.78 is 0. The van der Waals surface area contributed by atoms with Crippen molar-refractivity contribution in [1.29, 1.82) is 0 Å². The van der Waals surface area contributed by atoms with E-state index in [0.29, 0.717) is 18.8 Å². The third kappa shape index (κ3) is 4.11. The maximum atomic E-state index is 12.7. The van der Waals surface area contributed by atoms with Gasteiger partial charge in [-0.3, -0.25) is 9.69 Å². The molecule has 1 heterocycles. The van der Waals surface area contributed by atoms with Gasteiger partial charge in [-0.25, -0.2) is 4.79 Å². The quantitative estimate of drug-likeness (QED) is 0.760. The van der Waals surface area contributed by atoms with Gasteiger partial charge in [-0.1, -0.05) is 43.3 Å². The molecule has 2 aromatic carbocycles. The fourth-order valence-corrected chi connectivity index (χ4v) is 3.30. The standard InChI is InChI=1S/C21H26N4O2/c1-3-23-21(27)25-12-11-15-9-10-17(13-18(15)25)24-20(26)14(2)19(22)16-7-5-4-6-8-16/h4-10,13-14,19H,3,11-12,22H2,1-2H3,(H,23,27)(H,24,26). The number of rotatable bonds is 5. The van der Waals surface area contributed by atoms with Gasteiger partial charge in [0.05, 0.1) is 11.6 Å². The molecule has 6 nitrogen and oxygen atoms in total. The van der Waals surface area contributed by atoms with Crippen molar-refractivity contribution in [2.75, 3.05) is 23.3 Å². The fourth-order valence-electron chi connectivity index (χ4n) is 3.30. The van der Waals surface area contributed by atoms with Crippen molar-refractivity contribution in [2.24, 2.45) is 11.7 Å². The number of benzene rings is 2. The molecule has 0 saturated carbocycles. The summed E-state index contributed by atoms with van der Waals surface area (Å²) in [5.41, 5.74) is 9.80. The van der Waals surface area contributed by atoms with Crippen LogP contribution in [0.4, 0.5) is 16.2 Å². The summed E-state index contributed by atoms with van der Waals surface area (Å²) >= 11 is 0. The highest BCUT2D eigenvalue weighted by atomic mass is 16.2. The van der Waals surface area contributed by atoms with Crippen LogP contribution in [-0.2, 0) is 11.2 Å². The van der Waals surface area contributed by atoms with E-state index in [1.165, 1.54) is 0 Å². The smallest absolute Gasteiger partial charge is 0.321 e. The molecule has 142 valence electrons. The summed E-state index contributed by atoms with van der Waals surface area (Å²) in [6.07, 6.45) is 0.815. The van der Waals surface area contributed by atoms with E-state index in [0.717, 1.165) is 23.2 Å². The number of fused-ring (bicyclic) bond motifs is 1. The minimum absolute atomic E-state index is 0.112. The third-order valence-electron chi connectivity index (χ3n) is 4.96. The lowest BCUT2D eigenvalue weighted by atomic mass is 9.94. The van der Waals surface area contributed by atoms with Crippen LogP contribution >= 0.6 is 0 Å². The van der Waals surface area contributed by atoms with E-state index in [1.807, 2.05) is 62.4 Å². The average Bonchev–Trinajstić information content (AvgIpc) is 3.11. The highest BCUT2D eigenvalue weighted by Gasteiger charge is 2.26. The molecule has 3 rings (SSSR count). The van der Waals surface area contributed by atoms with E-state index in [1.54, 1.807) is 4.90 Å².